The third-order valence-electron chi connectivity index (χ3n) is 1.99. The second kappa shape index (κ2) is 3.08. The van der Waals surface area contributed by atoms with Crippen LogP contribution in [0.5, 0.6) is 0 Å². The third-order valence-corrected chi connectivity index (χ3v) is 2.89. The van der Waals surface area contributed by atoms with Gasteiger partial charge in [-0.3, -0.25) is 9.69 Å². The van der Waals surface area contributed by atoms with Crippen LogP contribution >= 0.6 is 11.5 Å². The number of aromatic nitrogens is 1. The molecule has 1 aromatic rings. The minimum atomic E-state index is -0.519. The predicted octanol–water partition coefficient (Wildman–Crippen LogP) is 0.549. The van der Waals surface area contributed by atoms with E-state index in [0.29, 0.717) is 6.54 Å². The Bertz CT molecular complexity index is 337. The Kier molecular flexibility index (Phi) is 2.05. The summed E-state index contributed by atoms with van der Waals surface area (Å²) in [4.78, 5) is 12.9. The second-order valence-electron chi connectivity index (χ2n) is 3.17. The van der Waals surface area contributed by atoms with Gasteiger partial charge in [0.2, 0.25) is 5.91 Å². The highest BCUT2D eigenvalue weighted by Crippen LogP contribution is 2.25. The van der Waals surface area contributed by atoms with Crippen molar-refractivity contribution in [2.75, 3.05) is 11.4 Å². The maximum atomic E-state index is 11.3. The lowest BCUT2D eigenvalue weighted by molar-refractivity contribution is -0.117. The molecule has 1 fully saturated rings. The molecule has 1 aliphatic heterocycles. The van der Waals surface area contributed by atoms with Crippen LogP contribution in [-0.2, 0) is 4.79 Å². The van der Waals surface area contributed by atoms with Gasteiger partial charge in [0.15, 0.2) is 0 Å². The van der Waals surface area contributed by atoms with E-state index in [4.69, 9.17) is 0 Å². The highest BCUT2D eigenvalue weighted by Gasteiger charge is 2.29. The monoisotopic (exact) mass is 198 g/mol. The van der Waals surface area contributed by atoms with Crippen molar-refractivity contribution in [1.82, 2.24) is 4.37 Å². The summed E-state index contributed by atoms with van der Waals surface area (Å²) >= 11 is 1.30. The van der Waals surface area contributed by atoms with E-state index in [1.165, 1.54) is 11.5 Å². The Morgan fingerprint density at radius 1 is 1.77 bits per heavy atom. The van der Waals surface area contributed by atoms with Crippen molar-refractivity contribution < 1.29 is 9.90 Å². The lowest BCUT2D eigenvalue weighted by Gasteiger charge is -2.11. The van der Waals surface area contributed by atoms with E-state index in [2.05, 4.69) is 4.37 Å². The lowest BCUT2D eigenvalue weighted by Crippen LogP contribution is -2.24. The van der Waals surface area contributed by atoms with Crippen LogP contribution in [0, 0.1) is 6.92 Å². The molecule has 5 heteroatoms. The van der Waals surface area contributed by atoms with Gasteiger partial charge in [-0.25, -0.2) is 0 Å². The minimum absolute atomic E-state index is 0.0175. The van der Waals surface area contributed by atoms with E-state index in [1.807, 2.05) is 13.0 Å². The molecule has 4 nitrogen and oxygen atoms in total. The number of amides is 1. The average Bonchev–Trinajstić information content (AvgIpc) is 2.58. The number of aliphatic hydroxyl groups is 1. The molecule has 0 spiro atoms. The van der Waals surface area contributed by atoms with E-state index >= 15 is 0 Å². The summed E-state index contributed by atoms with van der Waals surface area (Å²) in [5, 5.41) is 10.1. The van der Waals surface area contributed by atoms with Crippen LogP contribution in [0.3, 0.4) is 0 Å². The fourth-order valence-electron chi connectivity index (χ4n) is 1.38. The molecule has 2 heterocycles. The van der Waals surface area contributed by atoms with Gasteiger partial charge >= 0.3 is 0 Å². The van der Waals surface area contributed by atoms with E-state index in [0.717, 1.165) is 10.7 Å². The summed E-state index contributed by atoms with van der Waals surface area (Å²) in [6.45, 7) is 2.29. The summed E-state index contributed by atoms with van der Waals surface area (Å²) in [7, 11) is 0. The van der Waals surface area contributed by atoms with Crippen molar-refractivity contribution in [3.05, 3.63) is 11.8 Å². The first-order chi connectivity index (χ1) is 6.16. The number of hydrogen-bond donors (Lipinski definition) is 1. The summed E-state index contributed by atoms with van der Waals surface area (Å²) in [6.07, 6.45) is -0.286. The quantitative estimate of drug-likeness (QED) is 0.717. The standard InChI is InChI=1S/C8H10N2O2S/c1-5-2-8(13-9-5)10-4-6(11)3-7(10)12/h2,6,11H,3-4H2,1H3. The first-order valence-corrected chi connectivity index (χ1v) is 4.86. The van der Waals surface area contributed by atoms with E-state index in [9.17, 15) is 9.90 Å². The smallest absolute Gasteiger partial charge is 0.230 e. The lowest BCUT2D eigenvalue weighted by atomic mass is 10.3. The number of rotatable bonds is 1. The van der Waals surface area contributed by atoms with Gasteiger partial charge in [0.05, 0.1) is 24.8 Å². The molecule has 1 unspecified atom stereocenters. The summed E-state index contributed by atoms with van der Waals surface area (Å²) in [5.41, 5.74) is 0.911. The second-order valence-corrected chi connectivity index (χ2v) is 3.95. The zero-order chi connectivity index (χ0) is 9.42. The molecule has 1 amide bonds. The Balaban J connectivity index is 2.22. The Morgan fingerprint density at radius 3 is 3.00 bits per heavy atom. The SMILES string of the molecule is Cc1cc(N2CC(O)CC2=O)sn1. The van der Waals surface area contributed by atoms with Crippen LogP contribution in [0.2, 0.25) is 0 Å². The molecule has 13 heavy (non-hydrogen) atoms. The number of nitrogens with zero attached hydrogens (tertiary/aromatic N) is 2. The van der Waals surface area contributed by atoms with Crippen LogP contribution in [-0.4, -0.2) is 28.0 Å². The fourth-order valence-corrected chi connectivity index (χ4v) is 2.17. The average molecular weight is 198 g/mol. The van der Waals surface area contributed by atoms with Gasteiger partial charge in [-0.2, -0.15) is 4.37 Å². The minimum Gasteiger partial charge on any atom is -0.391 e. The van der Waals surface area contributed by atoms with Crippen LogP contribution in [0.4, 0.5) is 5.00 Å². The molecule has 0 saturated carbocycles. The van der Waals surface area contributed by atoms with Crippen LogP contribution in [0.1, 0.15) is 12.1 Å². The van der Waals surface area contributed by atoms with Crippen LogP contribution in [0.15, 0.2) is 6.07 Å². The number of β-amino-alcohol motifs (C(OH)–C–C–N with tert-alkyl or cyclic N) is 1. The molecule has 2 rings (SSSR count). The Labute approximate surface area is 80.0 Å². The first-order valence-electron chi connectivity index (χ1n) is 4.08. The number of hydrogen-bond acceptors (Lipinski definition) is 4. The van der Waals surface area contributed by atoms with Gasteiger partial charge in [0, 0.05) is 0 Å². The predicted molar refractivity (Wildman–Crippen MR) is 49.8 cm³/mol. The third kappa shape index (κ3) is 1.57. The van der Waals surface area contributed by atoms with E-state index in [-0.39, 0.29) is 12.3 Å². The molecule has 1 aliphatic rings. The number of carbonyl (C=O) groups excluding carboxylic acids is 1. The molecule has 0 aliphatic carbocycles. The molecule has 70 valence electrons. The van der Waals surface area contributed by atoms with Crippen LogP contribution < -0.4 is 4.90 Å². The fraction of sp³-hybridized carbons (Fsp3) is 0.500. The van der Waals surface area contributed by atoms with E-state index in [1.54, 1.807) is 4.90 Å². The largest absolute Gasteiger partial charge is 0.391 e. The number of anilines is 1. The number of aliphatic hydroxyl groups excluding tert-OH is 1. The maximum Gasteiger partial charge on any atom is 0.230 e. The van der Waals surface area contributed by atoms with Gasteiger partial charge in [0.25, 0.3) is 0 Å². The highest BCUT2D eigenvalue weighted by molar-refractivity contribution is 7.10. The van der Waals surface area contributed by atoms with E-state index < -0.39 is 6.10 Å². The van der Waals surface area contributed by atoms with Gasteiger partial charge in [0.1, 0.15) is 5.00 Å². The Hall–Kier alpha value is -0.940. The zero-order valence-corrected chi connectivity index (χ0v) is 8.04. The molecular formula is C8H10N2O2S. The molecule has 1 atom stereocenters. The molecule has 1 N–H and O–H groups in total. The Morgan fingerprint density at radius 2 is 2.54 bits per heavy atom. The molecule has 0 radical (unpaired) electrons. The van der Waals surface area contributed by atoms with Crippen molar-refractivity contribution in [2.45, 2.75) is 19.4 Å². The van der Waals surface area contributed by atoms with Crippen molar-refractivity contribution in [3.63, 3.8) is 0 Å². The number of aryl methyl sites for hydroxylation is 1. The topological polar surface area (TPSA) is 53.4 Å². The van der Waals surface area contributed by atoms with Crippen molar-refractivity contribution in [3.8, 4) is 0 Å². The van der Waals surface area contributed by atoms with Gasteiger partial charge in [-0.05, 0) is 24.5 Å². The normalized spacial score (nSPS) is 22.8. The summed E-state index contributed by atoms with van der Waals surface area (Å²) in [6, 6.07) is 1.86. The van der Waals surface area contributed by atoms with Gasteiger partial charge < -0.3 is 5.11 Å². The van der Waals surface area contributed by atoms with Gasteiger partial charge in [-0.15, -0.1) is 0 Å². The molecule has 1 saturated heterocycles. The van der Waals surface area contributed by atoms with Crippen LogP contribution in [0.25, 0.3) is 0 Å². The number of carbonyl (C=O) groups is 1. The molecular weight excluding hydrogens is 188 g/mol. The van der Waals surface area contributed by atoms with Crippen molar-refractivity contribution in [2.24, 2.45) is 0 Å². The first kappa shape index (κ1) is 8.65. The summed E-state index contributed by atoms with van der Waals surface area (Å²) in [5.74, 6) is -0.0175. The molecule has 0 aromatic carbocycles. The van der Waals surface area contributed by atoms with Crippen molar-refractivity contribution in [1.29, 1.82) is 0 Å². The summed E-state index contributed by atoms with van der Waals surface area (Å²) < 4.78 is 4.09. The maximum absolute atomic E-state index is 11.3. The molecule has 1 aromatic heterocycles. The highest BCUT2D eigenvalue weighted by atomic mass is 32.1. The zero-order valence-electron chi connectivity index (χ0n) is 7.23. The molecule has 0 bridgehead atoms. The van der Waals surface area contributed by atoms with Gasteiger partial charge in [-0.1, -0.05) is 0 Å². The van der Waals surface area contributed by atoms with Crippen molar-refractivity contribution >= 4 is 22.4 Å².